The Bertz CT molecular complexity index is 658. The van der Waals surface area contributed by atoms with Gasteiger partial charge in [0.1, 0.15) is 11.9 Å². The number of carbonyl (C=O) groups excluding carboxylic acids is 1. The molecule has 1 aromatic carbocycles. The van der Waals surface area contributed by atoms with Crippen LogP contribution in [0.1, 0.15) is 31.2 Å². The van der Waals surface area contributed by atoms with E-state index in [2.05, 4.69) is 13.0 Å². The number of nitrogens with zero attached hydrogens (tertiary/aromatic N) is 1. The lowest BCUT2D eigenvalue weighted by atomic mass is 9.95. The minimum Gasteiger partial charge on any atom is -0.489 e. The van der Waals surface area contributed by atoms with Gasteiger partial charge in [0.2, 0.25) is 5.91 Å². The fraction of sp³-hybridized carbons (Fsp3) is 0.556. The lowest BCUT2D eigenvalue weighted by Crippen LogP contribution is -2.39. The quantitative estimate of drug-likeness (QED) is 0.928. The van der Waals surface area contributed by atoms with Crippen LogP contribution in [0.4, 0.5) is 0 Å². The smallest absolute Gasteiger partial charge is 0.307 e. The summed E-state index contributed by atoms with van der Waals surface area (Å²) in [7, 11) is 0. The van der Waals surface area contributed by atoms with Gasteiger partial charge in [-0.3, -0.25) is 9.59 Å². The Morgan fingerprint density at radius 2 is 2.09 bits per heavy atom. The van der Waals surface area contributed by atoms with E-state index in [1.165, 1.54) is 0 Å². The first-order chi connectivity index (χ1) is 11.1. The molecule has 5 atom stereocenters. The summed E-state index contributed by atoms with van der Waals surface area (Å²) in [5, 5.41) is 9.15. The summed E-state index contributed by atoms with van der Waals surface area (Å²) in [6.45, 7) is 3.36. The number of aliphatic carboxylic acids is 1. The second-order valence-electron chi connectivity index (χ2n) is 7.01. The van der Waals surface area contributed by atoms with Gasteiger partial charge < -0.3 is 14.7 Å². The molecular weight excluding hydrogens is 294 g/mol. The van der Waals surface area contributed by atoms with Crippen LogP contribution in [0.5, 0.6) is 5.75 Å². The summed E-state index contributed by atoms with van der Waals surface area (Å²) < 4.78 is 5.94. The maximum absolute atomic E-state index is 12.6. The number of carbonyl (C=O) groups is 2. The normalized spacial score (nSPS) is 34.3. The molecule has 1 aromatic rings. The van der Waals surface area contributed by atoms with Crippen LogP contribution in [0.3, 0.4) is 0 Å². The number of amides is 1. The summed E-state index contributed by atoms with van der Waals surface area (Å²) in [5.41, 5.74) is 1.16. The predicted molar refractivity (Wildman–Crippen MR) is 83.2 cm³/mol. The summed E-state index contributed by atoms with van der Waals surface area (Å²) in [6, 6.07) is 7.94. The average Bonchev–Trinajstić information content (AvgIpc) is 3.19. The topological polar surface area (TPSA) is 66.8 Å². The van der Waals surface area contributed by atoms with Crippen LogP contribution >= 0.6 is 0 Å². The fourth-order valence-corrected chi connectivity index (χ4v) is 4.28. The van der Waals surface area contributed by atoms with Gasteiger partial charge in [-0.15, -0.1) is 0 Å². The van der Waals surface area contributed by atoms with Gasteiger partial charge in [-0.05, 0) is 24.3 Å². The van der Waals surface area contributed by atoms with Gasteiger partial charge in [0.25, 0.3) is 0 Å². The highest BCUT2D eigenvalue weighted by Gasteiger charge is 2.57. The second-order valence-corrected chi connectivity index (χ2v) is 7.01. The summed E-state index contributed by atoms with van der Waals surface area (Å²) in [4.78, 5) is 25.6. The predicted octanol–water partition coefficient (Wildman–Crippen LogP) is 2.12. The van der Waals surface area contributed by atoms with Crippen LogP contribution < -0.4 is 4.74 Å². The van der Waals surface area contributed by atoms with Crippen molar-refractivity contribution in [3.8, 4) is 5.75 Å². The average molecular weight is 315 g/mol. The van der Waals surface area contributed by atoms with Crippen LogP contribution in [0.15, 0.2) is 24.3 Å². The Labute approximate surface area is 135 Å². The van der Waals surface area contributed by atoms with E-state index in [-0.39, 0.29) is 35.7 Å². The molecule has 0 unspecified atom stereocenters. The van der Waals surface area contributed by atoms with Crippen molar-refractivity contribution < 1.29 is 19.4 Å². The molecule has 1 saturated carbocycles. The van der Waals surface area contributed by atoms with Gasteiger partial charge in [0.15, 0.2) is 0 Å². The van der Waals surface area contributed by atoms with Gasteiger partial charge in [0, 0.05) is 24.6 Å². The van der Waals surface area contributed by atoms with E-state index in [0.29, 0.717) is 19.5 Å². The fourth-order valence-electron chi connectivity index (χ4n) is 4.28. The number of ether oxygens (including phenoxy) is 1. The van der Waals surface area contributed by atoms with E-state index >= 15 is 0 Å². The molecule has 2 fully saturated rings. The monoisotopic (exact) mass is 315 g/mol. The van der Waals surface area contributed by atoms with Gasteiger partial charge in [-0.1, -0.05) is 25.1 Å². The van der Waals surface area contributed by atoms with Gasteiger partial charge in [0.05, 0.1) is 12.3 Å². The molecule has 0 spiro atoms. The number of fused-ring (bicyclic) bond motifs is 2. The number of para-hydroxylation sites is 1. The summed E-state index contributed by atoms with van der Waals surface area (Å²) in [5.74, 6) is 0.664. The molecule has 4 rings (SSSR count). The third-order valence-corrected chi connectivity index (χ3v) is 5.75. The molecule has 2 aliphatic heterocycles. The van der Waals surface area contributed by atoms with Crippen LogP contribution in [-0.2, 0) is 9.59 Å². The van der Waals surface area contributed by atoms with E-state index in [4.69, 9.17) is 9.84 Å². The van der Waals surface area contributed by atoms with E-state index < -0.39 is 5.97 Å². The Morgan fingerprint density at radius 3 is 2.83 bits per heavy atom. The third kappa shape index (κ3) is 2.38. The van der Waals surface area contributed by atoms with Gasteiger partial charge >= 0.3 is 5.97 Å². The summed E-state index contributed by atoms with van der Waals surface area (Å²) >= 11 is 0. The van der Waals surface area contributed by atoms with E-state index in [1.807, 2.05) is 23.1 Å². The lowest BCUT2D eigenvalue weighted by Gasteiger charge is -2.28. The summed E-state index contributed by atoms with van der Waals surface area (Å²) in [6.07, 6.45) is 1.06. The number of carboxylic acids is 1. The van der Waals surface area contributed by atoms with Crippen molar-refractivity contribution in [2.45, 2.75) is 31.8 Å². The van der Waals surface area contributed by atoms with Crippen molar-refractivity contribution in [2.75, 3.05) is 13.1 Å². The molecule has 1 N–H and O–H groups in total. The van der Waals surface area contributed by atoms with Crippen molar-refractivity contribution >= 4 is 11.9 Å². The first kappa shape index (κ1) is 14.5. The highest BCUT2D eigenvalue weighted by atomic mass is 16.5. The molecular formula is C18H21NO4. The number of rotatable bonds is 3. The van der Waals surface area contributed by atoms with Crippen molar-refractivity contribution in [1.29, 1.82) is 0 Å². The van der Waals surface area contributed by atoms with E-state index in [1.54, 1.807) is 0 Å². The van der Waals surface area contributed by atoms with Crippen LogP contribution in [0, 0.1) is 17.8 Å². The Balaban J connectivity index is 1.37. The molecule has 23 heavy (non-hydrogen) atoms. The molecule has 122 valence electrons. The molecule has 0 aromatic heterocycles. The van der Waals surface area contributed by atoms with E-state index in [9.17, 15) is 9.59 Å². The van der Waals surface area contributed by atoms with E-state index in [0.717, 1.165) is 17.7 Å². The van der Waals surface area contributed by atoms with Crippen molar-refractivity contribution in [2.24, 2.45) is 17.8 Å². The molecule has 5 heteroatoms. The highest BCUT2D eigenvalue weighted by molar-refractivity contribution is 5.79. The molecule has 3 aliphatic rings. The first-order valence-corrected chi connectivity index (χ1v) is 8.32. The number of hydrogen-bond donors (Lipinski definition) is 1. The zero-order valence-electron chi connectivity index (χ0n) is 13.1. The zero-order chi connectivity index (χ0) is 16.1. The first-order valence-electron chi connectivity index (χ1n) is 8.32. The molecule has 2 heterocycles. The third-order valence-electron chi connectivity index (χ3n) is 5.75. The largest absolute Gasteiger partial charge is 0.489 e. The van der Waals surface area contributed by atoms with Crippen LogP contribution in [-0.4, -0.2) is 41.1 Å². The Hall–Kier alpha value is -2.04. The zero-order valence-corrected chi connectivity index (χ0v) is 13.1. The van der Waals surface area contributed by atoms with Crippen molar-refractivity contribution in [3.63, 3.8) is 0 Å². The minimum atomic E-state index is -0.711. The Kier molecular flexibility index (Phi) is 3.32. The molecule has 0 radical (unpaired) electrons. The van der Waals surface area contributed by atoms with Gasteiger partial charge in [-0.2, -0.15) is 0 Å². The van der Waals surface area contributed by atoms with Crippen molar-refractivity contribution in [3.05, 3.63) is 29.8 Å². The maximum Gasteiger partial charge on any atom is 0.307 e. The number of carboxylic acid groups (broad SMARTS) is 1. The second kappa shape index (κ2) is 5.25. The SMILES string of the molecule is C[C@H]1c2ccccc2O[C@H]1CC(=O)N1CC[C@H]2[C@@H](C1)[C@H]2C(=O)O. The lowest BCUT2D eigenvalue weighted by molar-refractivity contribution is -0.139. The molecule has 1 amide bonds. The van der Waals surface area contributed by atoms with Crippen molar-refractivity contribution in [1.82, 2.24) is 4.90 Å². The number of benzene rings is 1. The van der Waals surface area contributed by atoms with Crippen LogP contribution in [0.25, 0.3) is 0 Å². The number of likely N-dealkylation sites (tertiary alicyclic amines) is 1. The Morgan fingerprint density at radius 1 is 1.30 bits per heavy atom. The number of hydrogen-bond acceptors (Lipinski definition) is 3. The molecule has 1 saturated heterocycles. The molecule has 5 nitrogen and oxygen atoms in total. The molecule has 0 bridgehead atoms. The van der Waals surface area contributed by atoms with Crippen LogP contribution in [0.2, 0.25) is 0 Å². The molecule has 1 aliphatic carbocycles. The van der Waals surface area contributed by atoms with Gasteiger partial charge in [-0.25, -0.2) is 0 Å². The standard InChI is InChI=1S/C18H21NO4/c1-10-11-4-2-3-5-14(11)23-15(10)8-16(20)19-7-6-12-13(9-19)17(12)18(21)22/h2-5,10,12-13,15,17H,6-9H2,1H3,(H,21,22)/t10-,12-,13+,15-,17-/m0/s1. The minimum absolute atomic E-state index is 0.0872. The maximum atomic E-state index is 12.6. The highest BCUT2D eigenvalue weighted by Crippen LogP contribution is 2.51. The number of piperidine rings is 1.